The molecule has 0 nitrogen and oxygen atoms in total. The van der Waals surface area contributed by atoms with Crippen molar-refractivity contribution in [3.05, 3.63) is 11.6 Å². The minimum absolute atomic E-state index is 0.850. The second-order valence-electron chi connectivity index (χ2n) is 1.19. The van der Waals surface area contributed by atoms with Crippen LogP contribution in [0.25, 0.3) is 0 Å². The summed E-state index contributed by atoms with van der Waals surface area (Å²) in [5, 5.41) is 0.850. The molecule has 7 heavy (non-hydrogen) atoms. The zero-order valence-corrected chi connectivity index (χ0v) is 5.83. The van der Waals surface area contributed by atoms with Crippen molar-refractivity contribution in [3.63, 3.8) is 0 Å². The second-order valence-corrected chi connectivity index (χ2v) is 1.83. The lowest BCUT2D eigenvalue weighted by Crippen LogP contribution is -1.66. The first-order valence-electron chi connectivity index (χ1n) is 2.00. The average Bonchev–Trinajstić information content (AvgIpc) is 1.68. The third kappa shape index (κ3) is 3.61. The molecule has 0 saturated heterocycles. The Hall–Kier alpha value is -0.220. The molecule has 0 saturated carbocycles. The quantitative estimate of drug-likeness (QED) is 0.405. The average molecular weight is 159 g/mol. The Labute approximate surface area is 52.7 Å². The fraction of sp³-hybridized carbons (Fsp3) is 0.333. The van der Waals surface area contributed by atoms with E-state index < -0.39 is 0 Å². The first-order chi connectivity index (χ1) is 3.31. The van der Waals surface area contributed by atoms with Crippen molar-refractivity contribution >= 4 is 15.9 Å². The van der Waals surface area contributed by atoms with E-state index in [1.807, 2.05) is 13.0 Å². The Morgan fingerprint density at radius 3 is 2.71 bits per heavy atom. The fourth-order valence-electron chi connectivity index (χ4n) is 0.175. The van der Waals surface area contributed by atoms with Crippen molar-refractivity contribution in [3.8, 4) is 12.3 Å². The molecule has 0 fully saturated rings. The third-order valence-electron chi connectivity index (χ3n) is 0.611. The molecule has 0 spiro atoms. The Balaban J connectivity index is 3.57. The number of allylic oxidation sites excluding steroid dienone is 2. The normalized spacial score (nSPS) is 10.7. The standard InChI is InChI=1S/C6H7Br/c1-3-6(2)4-5-7/h1,4H,5H2,2H3. The zero-order chi connectivity index (χ0) is 5.70. The van der Waals surface area contributed by atoms with E-state index in [2.05, 4.69) is 21.9 Å². The van der Waals surface area contributed by atoms with Crippen molar-refractivity contribution in [2.45, 2.75) is 6.92 Å². The molecule has 38 valence electrons. The lowest BCUT2D eigenvalue weighted by Gasteiger charge is -1.79. The monoisotopic (exact) mass is 158 g/mol. The van der Waals surface area contributed by atoms with Gasteiger partial charge in [-0.05, 0) is 12.5 Å². The molecule has 0 unspecified atom stereocenters. The molecule has 0 aliphatic heterocycles. The van der Waals surface area contributed by atoms with E-state index >= 15 is 0 Å². The molecule has 0 bridgehead atoms. The summed E-state index contributed by atoms with van der Waals surface area (Å²) in [4.78, 5) is 0. The van der Waals surface area contributed by atoms with Gasteiger partial charge >= 0.3 is 0 Å². The molecule has 0 aliphatic carbocycles. The van der Waals surface area contributed by atoms with E-state index in [1.165, 1.54) is 0 Å². The molecular formula is C6H7Br. The summed E-state index contributed by atoms with van der Waals surface area (Å²) in [6.45, 7) is 1.90. The molecule has 0 aromatic rings. The summed E-state index contributed by atoms with van der Waals surface area (Å²) in [6, 6.07) is 0. The summed E-state index contributed by atoms with van der Waals surface area (Å²) in [5.41, 5.74) is 0.983. The van der Waals surface area contributed by atoms with E-state index in [0.29, 0.717) is 0 Å². The number of hydrogen-bond acceptors (Lipinski definition) is 0. The molecular weight excluding hydrogens is 152 g/mol. The molecule has 0 aliphatic rings. The van der Waals surface area contributed by atoms with Gasteiger partial charge in [0.2, 0.25) is 0 Å². The van der Waals surface area contributed by atoms with Crippen LogP contribution in [0.15, 0.2) is 11.6 Å². The van der Waals surface area contributed by atoms with Crippen LogP contribution in [-0.2, 0) is 0 Å². The van der Waals surface area contributed by atoms with Gasteiger partial charge in [0.25, 0.3) is 0 Å². The number of halogens is 1. The topological polar surface area (TPSA) is 0 Å². The number of terminal acetylenes is 1. The van der Waals surface area contributed by atoms with E-state index in [9.17, 15) is 0 Å². The zero-order valence-electron chi connectivity index (χ0n) is 4.24. The maximum atomic E-state index is 5.02. The highest BCUT2D eigenvalue weighted by atomic mass is 79.9. The highest BCUT2D eigenvalue weighted by molar-refractivity contribution is 9.09. The summed E-state index contributed by atoms with van der Waals surface area (Å²) >= 11 is 3.22. The maximum Gasteiger partial charge on any atom is 0.0223 e. The van der Waals surface area contributed by atoms with Crippen molar-refractivity contribution in [2.75, 3.05) is 5.33 Å². The third-order valence-corrected chi connectivity index (χ3v) is 0.935. The minimum Gasteiger partial charge on any atom is -0.115 e. The minimum atomic E-state index is 0.850. The Bertz CT molecular complexity index is 106. The molecule has 0 heterocycles. The Kier molecular flexibility index (Phi) is 3.83. The summed E-state index contributed by atoms with van der Waals surface area (Å²) in [7, 11) is 0. The SMILES string of the molecule is C#CC(C)=CCBr. The van der Waals surface area contributed by atoms with E-state index in [0.717, 1.165) is 10.9 Å². The van der Waals surface area contributed by atoms with Crippen LogP contribution in [0.4, 0.5) is 0 Å². The highest BCUT2D eigenvalue weighted by Gasteiger charge is 1.73. The second kappa shape index (κ2) is 3.95. The number of rotatable bonds is 1. The van der Waals surface area contributed by atoms with Gasteiger partial charge in [0.15, 0.2) is 0 Å². The molecule has 0 N–H and O–H groups in total. The first-order valence-corrected chi connectivity index (χ1v) is 3.12. The lowest BCUT2D eigenvalue weighted by molar-refractivity contribution is 1.54. The lowest BCUT2D eigenvalue weighted by atomic mass is 10.3. The molecule has 0 atom stereocenters. The van der Waals surface area contributed by atoms with E-state index in [4.69, 9.17) is 6.42 Å². The Morgan fingerprint density at radius 2 is 2.57 bits per heavy atom. The predicted molar refractivity (Wildman–Crippen MR) is 36.4 cm³/mol. The van der Waals surface area contributed by atoms with Crippen LogP contribution in [0.3, 0.4) is 0 Å². The first kappa shape index (κ1) is 6.78. The van der Waals surface area contributed by atoms with Gasteiger partial charge in [0, 0.05) is 5.33 Å². The fourth-order valence-corrected chi connectivity index (χ4v) is 0.660. The Morgan fingerprint density at radius 1 is 2.00 bits per heavy atom. The van der Waals surface area contributed by atoms with Gasteiger partial charge in [-0.15, -0.1) is 6.42 Å². The van der Waals surface area contributed by atoms with Gasteiger partial charge in [0.05, 0.1) is 0 Å². The van der Waals surface area contributed by atoms with Crippen LogP contribution in [0.5, 0.6) is 0 Å². The molecule has 0 rings (SSSR count). The smallest absolute Gasteiger partial charge is 0.0223 e. The van der Waals surface area contributed by atoms with Gasteiger partial charge in [-0.1, -0.05) is 27.9 Å². The molecule has 0 radical (unpaired) electrons. The van der Waals surface area contributed by atoms with E-state index in [1.54, 1.807) is 0 Å². The molecule has 0 aromatic carbocycles. The molecule has 0 amide bonds. The van der Waals surface area contributed by atoms with Crippen molar-refractivity contribution in [1.29, 1.82) is 0 Å². The number of alkyl halides is 1. The van der Waals surface area contributed by atoms with Gasteiger partial charge in [0.1, 0.15) is 0 Å². The van der Waals surface area contributed by atoms with Crippen LogP contribution < -0.4 is 0 Å². The van der Waals surface area contributed by atoms with Crippen molar-refractivity contribution in [2.24, 2.45) is 0 Å². The van der Waals surface area contributed by atoms with Crippen LogP contribution in [0.2, 0.25) is 0 Å². The van der Waals surface area contributed by atoms with Gasteiger partial charge in [-0.2, -0.15) is 0 Å². The van der Waals surface area contributed by atoms with Crippen LogP contribution >= 0.6 is 15.9 Å². The summed E-state index contributed by atoms with van der Waals surface area (Å²) in [6.07, 6.45) is 6.96. The molecule has 0 aromatic heterocycles. The van der Waals surface area contributed by atoms with E-state index in [-0.39, 0.29) is 0 Å². The highest BCUT2D eigenvalue weighted by Crippen LogP contribution is 1.90. The van der Waals surface area contributed by atoms with Gasteiger partial charge < -0.3 is 0 Å². The van der Waals surface area contributed by atoms with Crippen molar-refractivity contribution < 1.29 is 0 Å². The number of hydrogen-bond donors (Lipinski definition) is 0. The summed E-state index contributed by atoms with van der Waals surface area (Å²) < 4.78 is 0. The maximum absolute atomic E-state index is 5.02. The van der Waals surface area contributed by atoms with Gasteiger partial charge in [-0.3, -0.25) is 0 Å². The largest absolute Gasteiger partial charge is 0.115 e. The predicted octanol–water partition coefficient (Wildman–Crippen LogP) is 1.96. The van der Waals surface area contributed by atoms with Gasteiger partial charge in [-0.25, -0.2) is 0 Å². The van der Waals surface area contributed by atoms with Crippen LogP contribution in [-0.4, -0.2) is 5.33 Å². The molecule has 1 heteroatoms. The summed E-state index contributed by atoms with van der Waals surface area (Å²) in [5.74, 6) is 2.50. The van der Waals surface area contributed by atoms with Crippen LogP contribution in [0.1, 0.15) is 6.92 Å². The van der Waals surface area contributed by atoms with Crippen LogP contribution in [0, 0.1) is 12.3 Å². The van der Waals surface area contributed by atoms with Crippen molar-refractivity contribution in [1.82, 2.24) is 0 Å².